The molecule has 1 aromatic heterocycles. The van der Waals surface area contributed by atoms with Crippen molar-refractivity contribution in [3.8, 4) is 0 Å². The van der Waals surface area contributed by atoms with Crippen molar-refractivity contribution in [2.75, 3.05) is 11.8 Å². The molecule has 0 N–H and O–H groups in total. The molecular weight excluding hydrogens is 291 g/mol. The Morgan fingerprint density at radius 2 is 1.67 bits per heavy atom. The molecule has 0 aliphatic carbocycles. The summed E-state index contributed by atoms with van der Waals surface area (Å²) in [6, 6.07) is 9.62. The molecule has 0 saturated heterocycles. The highest BCUT2D eigenvalue weighted by atomic mass is 35.5. The Labute approximate surface area is 122 Å². The summed E-state index contributed by atoms with van der Waals surface area (Å²) in [5, 5.41) is 0.708. The minimum atomic E-state index is -0.294. The highest BCUT2D eigenvalue weighted by Crippen LogP contribution is 2.32. The number of rotatable bonds is 5. The zero-order chi connectivity index (χ0) is 13.0. The summed E-state index contributed by atoms with van der Waals surface area (Å²) in [5.74, 6) is 0.895. The highest BCUT2D eigenvalue weighted by molar-refractivity contribution is 6.30. The fourth-order valence-corrected chi connectivity index (χ4v) is 2.88. The van der Waals surface area contributed by atoms with E-state index in [-0.39, 0.29) is 5.41 Å². The quantitative estimate of drug-likeness (QED) is 0.717. The minimum absolute atomic E-state index is 0.294. The van der Waals surface area contributed by atoms with Gasteiger partial charge in [-0.3, -0.25) is 0 Å². The monoisotopic (exact) mass is 302 g/mol. The lowest BCUT2D eigenvalue weighted by Gasteiger charge is -2.30. The number of alkyl halides is 2. The summed E-state index contributed by atoms with van der Waals surface area (Å²) < 4.78 is 5.10. The van der Waals surface area contributed by atoms with Crippen LogP contribution in [0.4, 0.5) is 0 Å². The first-order valence-corrected chi connectivity index (χ1v) is 7.04. The number of hydrogen-bond donors (Lipinski definition) is 0. The predicted octanol–water partition coefficient (Wildman–Crippen LogP) is 4.89. The zero-order valence-electron chi connectivity index (χ0n) is 9.70. The molecule has 2 rings (SSSR count). The van der Waals surface area contributed by atoms with E-state index in [4.69, 9.17) is 39.2 Å². The largest absolute Gasteiger partial charge is 0.472 e. The first-order valence-electron chi connectivity index (χ1n) is 5.59. The number of halogens is 3. The summed E-state index contributed by atoms with van der Waals surface area (Å²) in [6.45, 7) is 0. The normalized spacial score (nSPS) is 11.7. The van der Waals surface area contributed by atoms with Gasteiger partial charge in [-0.25, -0.2) is 0 Å². The first-order chi connectivity index (χ1) is 8.70. The molecule has 0 spiro atoms. The molecule has 0 fully saturated rings. The molecule has 96 valence electrons. The van der Waals surface area contributed by atoms with Gasteiger partial charge in [0.25, 0.3) is 0 Å². The summed E-state index contributed by atoms with van der Waals surface area (Å²) in [5.41, 5.74) is 1.89. The first kappa shape index (κ1) is 13.8. The van der Waals surface area contributed by atoms with Crippen molar-refractivity contribution in [3.05, 3.63) is 59.0 Å². The molecule has 0 aliphatic heterocycles. The standard InChI is InChI=1S/C14H13Cl3O/c15-9-14(10-16,7-11-5-6-18-8-11)12-1-3-13(17)4-2-12/h1-6,8H,7,9-10H2. The van der Waals surface area contributed by atoms with Gasteiger partial charge in [0.15, 0.2) is 0 Å². The Hall–Kier alpha value is -0.630. The van der Waals surface area contributed by atoms with E-state index >= 15 is 0 Å². The van der Waals surface area contributed by atoms with Crippen LogP contribution in [0.5, 0.6) is 0 Å². The fourth-order valence-electron chi connectivity index (χ4n) is 1.97. The van der Waals surface area contributed by atoms with Crippen LogP contribution in [-0.4, -0.2) is 11.8 Å². The van der Waals surface area contributed by atoms with Crippen molar-refractivity contribution in [3.63, 3.8) is 0 Å². The van der Waals surface area contributed by atoms with Gasteiger partial charge in [0.2, 0.25) is 0 Å². The Bertz CT molecular complexity index is 472. The van der Waals surface area contributed by atoms with Crippen LogP contribution >= 0.6 is 34.8 Å². The summed E-state index contributed by atoms with van der Waals surface area (Å²) in [6.07, 6.45) is 4.13. The van der Waals surface area contributed by atoms with E-state index < -0.39 is 0 Å². The Kier molecular flexibility index (Phi) is 4.60. The zero-order valence-corrected chi connectivity index (χ0v) is 12.0. The molecule has 4 heteroatoms. The van der Waals surface area contributed by atoms with Gasteiger partial charge in [0.1, 0.15) is 0 Å². The Morgan fingerprint density at radius 3 is 2.17 bits per heavy atom. The smallest absolute Gasteiger partial charge is 0.0934 e. The molecule has 0 radical (unpaired) electrons. The van der Waals surface area contributed by atoms with Crippen LogP contribution in [0.2, 0.25) is 5.02 Å². The predicted molar refractivity (Wildman–Crippen MR) is 77.0 cm³/mol. The summed E-state index contributed by atoms with van der Waals surface area (Å²) in [4.78, 5) is 0. The van der Waals surface area contributed by atoms with Crippen molar-refractivity contribution in [1.29, 1.82) is 0 Å². The van der Waals surface area contributed by atoms with Crippen LogP contribution in [0.15, 0.2) is 47.3 Å². The third kappa shape index (κ3) is 2.85. The van der Waals surface area contributed by atoms with E-state index in [9.17, 15) is 0 Å². The van der Waals surface area contributed by atoms with Crippen molar-refractivity contribution in [1.82, 2.24) is 0 Å². The molecule has 1 heterocycles. The molecule has 1 aromatic carbocycles. The lowest BCUT2D eigenvalue weighted by Crippen LogP contribution is -2.33. The molecule has 0 saturated carbocycles. The molecule has 0 atom stereocenters. The third-order valence-electron chi connectivity index (χ3n) is 3.09. The van der Waals surface area contributed by atoms with E-state index in [0.29, 0.717) is 16.8 Å². The fraction of sp³-hybridized carbons (Fsp3) is 0.286. The molecule has 18 heavy (non-hydrogen) atoms. The SMILES string of the molecule is ClCC(CCl)(Cc1ccoc1)c1ccc(Cl)cc1. The van der Waals surface area contributed by atoms with Gasteiger partial charge in [-0.1, -0.05) is 23.7 Å². The van der Waals surface area contributed by atoms with Crippen molar-refractivity contribution < 1.29 is 4.42 Å². The van der Waals surface area contributed by atoms with Gasteiger partial charge < -0.3 is 4.42 Å². The van der Waals surface area contributed by atoms with Crippen molar-refractivity contribution >= 4 is 34.8 Å². The second-order valence-corrected chi connectivity index (χ2v) is 5.33. The van der Waals surface area contributed by atoms with Crippen LogP contribution in [0.1, 0.15) is 11.1 Å². The van der Waals surface area contributed by atoms with Gasteiger partial charge >= 0.3 is 0 Å². The number of hydrogen-bond acceptors (Lipinski definition) is 1. The number of furan rings is 1. The van der Waals surface area contributed by atoms with Gasteiger partial charge in [-0.15, -0.1) is 23.2 Å². The maximum absolute atomic E-state index is 6.17. The second-order valence-electron chi connectivity index (χ2n) is 4.36. The van der Waals surface area contributed by atoms with E-state index in [1.54, 1.807) is 12.5 Å². The summed E-state index contributed by atoms with van der Waals surface area (Å²) in [7, 11) is 0. The highest BCUT2D eigenvalue weighted by Gasteiger charge is 2.31. The van der Waals surface area contributed by atoms with E-state index in [2.05, 4.69) is 0 Å². The minimum Gasteiger partial charge on any atom is -0.472 e. The molecular formula is C14H13Cl3O. The van der Waals surface area contributed by atoms with E-state index in [0.717, 1.165) is 17.5 Å². The molecule has 0 bridgehead atoms. The average molecular weight is 304 g/mol. The van der Waals surface area contributed by atoms with Crippen LogP contribution in [0.3, 0.4) is 0 Å². The Morgan fingerprint density at radius 1 is 1.00 bits per heavy atom. The van der Waals surface area contributed by atoms with Crippen LogP contribution in [-0.2, 0) is 11.8 Å². The molecule has 0 aliphatic rings. The van der Waals surface area contributed by atoms with Crippen LogP contribution in [0, 0.1) is 0 Å². The van der Waals surface area contributed by atoms with E-state index in [1.165, 1.54) is 0 Å². The van der Waals surface area contributed by atoms with Crippen LogP contribution in [0.25, 0.3) is 0 Å². The lowest BCUT2D eigenvalue weighted by atomic mass is 9.79. The van der Waals surface area contributed by atoms with Gasteiger partial charge in [-0.05, 0) is 35.7 Å². The Balaban J connectivity index is 2.33. The summed E-state index contributed by atoms with van der Waals surface area (Å²) >= 11 is 18.2. The second kappa shape index (κ2) is 6.01. The average Bonchev–Trinajstić information content (AvgIpc) is 2.90. The topological polar surface area (TPSA) is 13.1 Å². The van der Waals surface area contributed by atoms with Gasteiger partial charge in [0.05, 0.1) is 12.5 Å². The maximum Gasteiger partial charge on any atom is 0.0934 e. The number of benzene rings is 1. The lowest BCUT2D eigenvalue weighted by molar-refractivity contribution is 0.522. The third-order valence-corrected chi connectivity index (χ3v) is 4.37. The molecule has 0 amide bonds. The van der Waals surface area contributed by atoms with Gasteiger partial charge in [-0.2, -0.15) is 0 Å². The van der Waals surface area contributed by atoms with Gasteiger partial charge in [0, 0.05) is 22.2 Å². The van der Waals surface area contributed by atoms with Crippen molar-refractivity contribution in [2.45, 2.75) is 11.8 Å². The maximum atomic E-state index is 6.17. The van der Waals surface area contributed by atoms with Crippen LogP contribution < -0.4 is 0 Å². The van der Waals surface area contributed by atoms with Crippen molar-refractivity contribution in [2.24, 2.45) is 0 Å². The molecule has 2 aromatic rings. The molecule has 1 nitrogen and oxygen atoms in total. The molecule has 0 unspecified atom stereocenters. The van der Waals surface area contributed by atoms with E-state index in [1.807, 2.05) is 30.3 Å².